The third-order valence-corrected chi connectivity index (χ3v) is 7.31. The van der Waals surface area contributed by atoms with Crippen molar-refractivity contribution in [3.05, 3.63) is 35.2 Å². The van der Waals surface area contributed by atoms with Crippen LogP contribution in [0, 0.1) is 30.6 Å². The number of aromatic nitrogens is 1. The highest BCUT2D eigenvalue weighted by Crippen LogP contribution is 2.47. The van der Waals surface area contributed by atoms with Crippen LogP contribution in [0.5, 0.6) is 0 Å². The van der Waals surface area contributed by atoms with Crippen molar-refractivity contribution in [2.45, 2.75) is 91.3 Å². The minimum atomic E-state index is -0.590. The summed E-state index contributed by atoms with van der Waals surface area (Å²) in [6.45, 7) is 7.91. The monoisotopic (exact) mass is 441 g/mol. The van der Waals surface area contributed by atoms with E-state index >= 15 is 0 Å². The molecule has 0 aromatic carbocycles. The van der Waals surface area contributed by atoms with E-state index in [1.807, 2.05) is 52.1 Å². The van der Waals surface area contributed by atoms with Crippen molar-refractivity contribution in [2.24, 2.45) is 23.7 Å². The lowest BCUT2D eigenvalue weighted by atomic mass is 9.89. The molecule has 2 aliphatic rings. The van der Waals surface area contributed by atoms with Gasteiger partial charge < -0.3 is 9.84 Å². The van der Waals surface area contributed by atoms with E-state index < -0.39 is 6.10 Å². The van der Waals surface area contributed by atoms with Gasteiger partial charge in [-0.25, -0.2) is 0 Å². The van der Waals surface area contributed by atoms with E-state index in [0.717, 1.165) is 42.5 Å². The van der Waals surface area contributed by atoms with Crippen molar-refractivity contribution < 1.29 is 19.4 Å². The molecule has 3 rings (SSSR count). The van der Waals surface area contributed by atoms with Gasteiger partial charge in [0.1, 0.15) is 11.9 Å². The summed E-state index contributed by atoms with van der Waals surface area (Å²) < 4.78 is 5.93. The third-order valence-electron chi connectivity index (χ3n) is 7.31. The maximum atomic E-state index is 12.7. The van der Waals surface area contributed by atoms with Gasteiger partial charge in [0.05, 0.1) is 11.8 Å². The number of ketones is 1. The molecule has 1 aliphatic carbocycles. The molecule has 2 fully saturated rings. The zero-order valence-electron chi connectivity index (χ0n) is 20.0. The number of nitrogens with zero attached hydrogens (tertiary/aromatic N) is 1. The molecule has 32 heavy (non-hydrogen) atoms. The summed E-state index contributed by atoms with van der Waals surface area (Å²) in [5.74, 6) is 0.899. The predicted octanol–water partition coefficient (Wildman–Crippen LogP) is 5.29. The van der Waals surface area contributed by atoms with Crippen LogP contribution in [0.1, 0.15) is 83.4 Å². The van der Waals surface area contributed by atoms with Gasteiger partial charge in [-0.05, 0) is 80.6 Å². The Morgan fingerprint density at radius 3 is 2.62 bits per heavy atom. The molecule has 1 aliphatic heterocycles. The molecule has 1 saturated carbocycles. The lowest BCUT2D eigenvalue weighted by molar-refractivity contribution is -0.148. The van der Waals surface area contributed by atoms with E-state index in [1.165, 1.54) is 6.42 Å². The number of hydrogen-bond donors (Lipinski definition) is 1. The van der Waals surface area contributed by atoms with Crippen LogP contribution in [-0.4, -0.2) is 34.1 Å². The number of carbonyl (C=O) groups excluding carboxylic acids is 2. The lowest BCUT2D eigenvalue weighted by Gasteiger charge is -2.22. The van der Waals surface area contributed by atoms with E-state index in [-0.39, 0.29) is 42.5 Å². The summed E-state index contributed by atoms with van der Waals surface area (Å²) in [5, 5.41) is 10.4. The molecule has 2 heterocycles. The van der Waals surface area contributed by atoms with Crippen molar-refractivity contribution in [1.82, 2.24) is 4.98 Å². The molecule has 4 unspecified atom stereocenters. The van der Waals surface area contributed by atoms with Crippen molar-refractivity contribution >= 4 is 17.8 Å². The van der Waals surface area contributed by atoms with Gasteiger partial charge in [0.25, 0.3) is 0 Å². The van der Waals surface area contributed by atoms with Gasteiger partial charge >= 0.3 is 5.97 Å². The Morgan fingerprint density at radius 2 is 1.91 bits per heavy atom. The lowest BCUT2D eigenvalue weighted by Crippen LogP contribution is -2.26. The molecule has 5 nitrogen and oxygen atoms in total. The van der Waals surface area contributed by atoms with Crippen molar-refractivity contribution in [3.8, 4) is 0 Å². The summed E-state index contributed by atoms with van der Waals surface area (Å²) >= 11 is 0. The summed E-state index contributed by atoms with van der Waals surface area (Å²) in [5.41, 5.74) is 3.00. The Hall–Kier alpha value is -2.01. The number of ether oxygens (including phenoxy) is 1. The zero-order valence-corrected chi connectivity index (χ0v) is 20.0. The average molecular weight is 442 g/mol. The number of aliphatic hydroxyl groups excluding tert-OH is 1. The first kappa shape index (κ1) is 24.6. The second kappa shape index (κ2) is 11.2. The molecule has 176 valence electrons. The van der Waals surface area contributed by atoms with Crippen LogP contribution >= 0.6 is 0 Å². The Labute approximate surface area is 192 Å². The van der Waals surface area contributed by atoms with Crippen LogP contribution in [0.25, 0.3) is 6.08 Å². The summed E-state index contributed by atoms with van der Waals surface area (Å²) in [4.78, 5) is 29.6. The van der Waals surface area contributed by atoms with Crippen LogP contribution in [0.3, 0.4) is 0 Å². The Kier molecular flexibility index (Phi) is 8.64. The minimum Gasteiger partial charge on any atom is -0.458 e. The maximum Gasteiger partial charge on any atom is 0.306 e. The molecular weight excluding hydrogens is 402 g/mol. The molecule has 6 atom stereocenters. The fourth-order valence-electron chi connectivity index (χ4n) is 4.66. The van der Waals surface area contributed by atoms with Crippen LogP contribution < -0.4 is 0 Å². The quantitative estimate of drug-likeness (QED) is 0.631. The molecule has 5 heteroatoms. The zero-order chi connectivity index (χ0) is 23.3. The molecule has 1 aromatic heterocycles. The smallest absolute Gasteiger partial charge is 0.306 e. The van der Waals surface area contributed by atoms with Crippen LogP contribution in [0.15, 0.2) is 23.9 Å². The molecule has 1 aromatic rings. The van der Waals surface area contributed by atoms with E-state index in [9.17, 15) is 14.7 Å². The molecule has 0 amide bonds. The highest BCUT2D eigenvalue weighted by Gasteiger charge is 2.39. The second-order valence-corrected chi connectivity index (χ2v) is 10.2. The van der Waals surface area contributed by atoms with E-state index in [4.69, 9.17) is 4.74 Å². The number of Topliss-reactive ketones (excluding diaryl/α,β-unsaturated/α-hetero) is 1. The van der Waals surface area contributed by atoms with Crippen molar-refractivity contribution in [2.75, 3.05) is 0 Å². The Bertz CT molecular complexity index is 815. The Balaban J connectivity index is 1.71. The normalized spacial score (nSPS) is 33.3. The van der Waals surface area contributed by atoms with Crippen LogP contribution in [0.4, 0.5) is 0 Å². The number of carbonyl (C=O) groups is 2. The summed E-state index contributed by atoms with van der Waals surface area (Å²) in [6, 6.07) is 4.02. The molecule has 1 saturated heterocycles. The van der Waals surface area contributed by atoms with Gasteiger partial charge in [0.15, 0.2) is 0 Å². The number of aliphatic hydroxyl groups is 1. The predicted molar refractivity (Wildman–Crippen MR) is 126 cm³/mol. The molecule has 0 spiro atoms. The standard InChI is InChI=1S/C27H39NO4/c1-17-8-10-23(28-16-17)12-20(4)26-14-22-13-21(22)7-5-6-18(2)24(29)15-25(30)19(3)9-11-27(31)32-26/h8,10,12,16,18-19,21-22,24,26,29H,5-7,9,11,13-15H2,1-4H3/b20-12+/t18-,19?,21?,22?,24?,26+/m0/s1. The molecule has 0 bridgehead atoms. The van der Waals surface area contributed by atoms with E-state index in [1.54, 1.807) is 0 Å². The van der Waals surface area contributed by atoms with Gasteiger partial charge in [0, 0.05) is 25.0 Å². The second-order valence-electron chi connectivity index (χ2n) is 10.2. The van der Waals surface area contributed by atoms with Crippen molar-refractivity contribution in [1.29, 1.82) is 0 Å². The summed E-state index contributed by atoms with van der Waals surface area (Å²) in [6.07, 6.45) is 9.05. The van der Waals surface area contributed by atoms with E-state index in [2.05, 4.69) is 4.98 Å². The Morgan fingerprint density at radius 1 is 1.12 bits per heavy atom. The third kappa shape index (κ3) is 7.26. The number of rotatable bonds is 2. The van der Waals surface area contributed by atoms with Crippen LogP contribution in [-0.2, 0) is 14.3 Å². The number of pyridine rings is 1. The van der Waals surface area contributed by atoms with Gasteiger partial charge in [0.2, 0.25) is 0 Å². The van der Waals surface area contributed by atoms with Gasteiger partial charge in [-0.2, -0.15) is 0 Å². The first-order chi connectivity index (χ1) is 15.2. The highest BCUT2D eigenvalue weighted by molar-refractivity contribution is 5.81. The number of fused-ring (bicyclic) bond motifs is 1. The largest absolute Gasteiger partial charge is 0.458 e. The number of esters is 1. The first-order valence-corrected chi connectivity index (χ1v) is 12.2. The minimum absolute atomic E-state index is 0.0320. The molecular formula is C27H39NO4. The molecule has 1 N–H and O–H groups in total. The summed E-state index contributed by atoms with van der Waals surface area (Å²) in [7, 11) is 0. The average Bonchev–Trinajstić information content (AvgIpc) is 3.49. The van der Waals surface area contributed by atoms with Gasteiger partial charge in [-0.15, -0.1) is 0 Å². The maximum absolute atomic E-state index is 12.7. The SMILES string of the molecule is C/C(=C\c1ccc(C)cn1)[C@H]1CC2CC2CCC[C@H](C)C(O)CC(=O)C(C)CCC(=O)O1. The fraction of sp³-hybridized carbons (Fsp3) is 0.667. The molecule has 0 radical (unpaired) electrons. The first-order valence-electron chi connectivity index (χ1n) is 12.2. The fourth-order valence-corrected chi connectivity index (χ4v) is 4.66. The number of aryl methyl sites for hydroxylation is 1. The van der Waals surface area contributed by atoms with Crippen molar-refractivity contribution in [3.63, 3.8) is 0 Å². The van der Waals surface area contributed by atoms with Crippen LogP contribution in [0.2, 0.25) is 0 Å². The topological polar surface area (TPSA) is 76.5 Å². The number of hydrogen-bond acceptors (Lipinski definition) is 5. The number of cyclic esters (lactones) is 1. The highest BCUT2D eigenvalue weighted by atomic mass is 16.5. The van der Waals surface area contributed by atoms with Gasteiger partial charge in [-0.1, -0.05) is 32.8 Å². The van der Waals surface area contributed by atoms with E-state index in [0.29, 0.717) is 18.3 Å². The van der Waals surface area contributed by atoms with Gasteiger partial charge in [-0.3, -0.25) is 14.6 Å².